The minimum Gasteiger partial charge on any atom is -0.383 e. The van der Waals surface area contributed by atoms with Gasteiger partial charge in [0.15, 0.2) is 0 Å². The van der Waals surface area contributed by atoms with E-state index in [9.17, 15) is 9.59 Å². The van der Waals surface area contributed by atoms with Gasteiger partial charge in [-0.2, -0.15) is 0 Å². The third-order valence-electron chi connectivity index (χ3n) is 4.37. The Kier molecular flexibility index (Phi) is 10.2. The highest BCUT2D eigenvalue weighted by molar-refractivity contribution is 6.00. The average molecular weight is 384 g/mol. The minimum atomic E-state index is -0.276. The summed E-state index contributed by atoms with van der Waals surface area (Å²) < 4.78 is 4.94. The molecule has 0 bridgehead atoms. The first-order valence-electron chi connectivity index (χ1n) is 9.02. The molecule has 1 fully saturated rings. The number of benzene rings is 1. The number of carbonyl (C=O) groups excluding carboxylic acids is 2. The second-order valence-corrected chi connectivity index (χ2v) is 6.36. The highest BCUT2D eigenvalue weighted by Gasteiger charge is 2.34. The smallest absolute Gasteiger partial charge is 0.227 e. The number of ether oxygens (including phenoxy) is 1. The van der Waals surface area contributed by atoms with E-state index < -0.39 is 0 Å². The van der Waals surface area contributed by atoms with Gasteiger partial charge < -0.3 is 20.3 Å². The molecule has 0 aliphatic carbocycles. The first-order chi connectivity index (χ1) is 12.2. The van der Waals surface area contributed by atoms with Crippen molar-refractivity contribution in [2.45, 2.75) is 26.2 Å². The molecule has 6 nitrogen and oxygen atoms in total. The van der Waals surface area contributed by atoms with Crippen molar-refractivity contribution in [3.05, 3.63) is 29.8 Å². The summed E-state index contributed by atoms with van der Waals surface area (Å²) in [7, 11) is 1.66. The van der Waals surface area contributed by atoms with Crippen LogP contribution in [-0.2, 0) is 20.7 Å². The molecular formula is C19H30ClN3O3. The van der Waals surface area contributed by atoms with Gasteiger partial charge >= 0.3 is 0 Å². The van der Waals surface area contributed by atoms with E-state index in [1.165, 1.54) is 5.56 Å². The van der Waals surface area contributed by atoms with Gasteiger partial charge in [-0.3, -0.25) is 9.59 Å². The number of hydrogen-bond donors (Lipinski definition) is 2. The number of carbonyl (C=O) groups is 2. The Bertz CT molecular complexity index is 566. The topological polar surface area (TPSA) is 70.7 Å². The normalized spacial score (nSPS) is 16.5. The van der Waals surface area contributed by atoms with E-state index in [1.54, 1.807) is 12.0 Å². The van der Waals surface area contributed by atoms with Crippen molar-refractivity contribution in [1.82, 2.24) is 10.6 Å². The SMILES string of the molecule is CCCc1ccc(N2CC(C(=O)NCCNCCOC)CC2=O)cc1.Cl. The number of hydrogen-bond acceptors (Lipinski definition) is 4. The predicted octanol–water partition coefficient (Wildman–Crippen LogP) is 1.77. The summed E-state index contributed by atoms with van der Waals surface area (Å²) in [5, 5.41) is 6.07. The van der Waals surface area contributed by atoms with Crippen LogP contribution in [0.25, 0.3) is 0 Å². The van der Waals surface area contributed by atoms with E-state index >= 15 is 0 Å². The van der Waals surface area contributed by atoms with E-state index in [4.69, 9.17) is 4.74 Å². The van der Waals surface area contributed by atoms with Gasteiger partial charge in [0.25, 0.3) is 0 Å². The zero-order valence-corrected chi connectivity index (χ0v) is 16.4. The molecule has 1 aromatic carbocycles. The zero-order valence-electron chi connectivity index (χ0n) is 15.6. The molecular weight excluding hydrogens is 354 g/mol. The fourth-order valence-corrected chi connectivity index (χ4v) is 2.98. The number of rotatable bonds is 10. The largest absolute Gasteiger partial charge is 0.383 e. The maximum absolute atomic E-state index is 12.3. The predicted molar refractivity (Wildman–Crippen MR) is 106 cm³/mol. The van der Waals surface area contributed by atoms with E-state index in [-0.39, 0.29) is 36.6 Å². The van der Waals surface area contributed by atoms with Gasteiger partial charge in [-0.25, -0.2) is 0 Å². The van der Waals surface area contributed by atoms with Crippen molar-refractivity contribution >= 4 is 29.9 Å². The second kappa shape index (κ2) is 11.9. The van der Waals surface area contributed by atoms with Crippen LogP contribution in [0.5, 0.6) is 0 Å². The van der Waals surface area contributed by atoms with Crippen molar-refractivity contribution in [2.24, 2.45) is 5.92 Å². The van der Waals surface area contributed by atoms with Crippen molar-refractivity contribution in [1.29, 1.82) is 0 Å². The van der Waals surface area contributed by atoms with Crippen LogP contribution in [0, 0.1) is 5.92 Å². The van der Waals surface area contributed by atoms with Gasteiger partial charge in [-0.05, 0) is 24.1 Å². The molecule has 1 aliphatic rings. The van der Waals surface area contributed by atoms with Gasteiger partial charge in [-0.1, -0.05) is 25.5 Å². The first kappa shape index (κ1) is 22.4. The van der Waals surface area contributed by atoms with Crippen LogP contribution >= 0.6 is 12.4 Å². The Morgan fingerprint density at radius 1 is 1.23 bits per heavy atom. The first-order valence-corrected chi connectivity index (χ1v) is 9.02. The van der Waals surface area contributed by atoms with Crippen LogP contribution in [0.1, 0.15) is 25.3 Å². The Morgan fingerprint density at radius 3 is 2.62 bits per heavy atom. The third kappa shape index (κ3) is 6.59. The Balaban J connectivity index is 0.00000338. The lowest BCUT2D eigenvalue weighted by atomic mass is 10.1. The standard InChI is InChI=1S/C19H29N3O3.ClH/c1-3-4-15-5-7-17(8-6-15)22-14-16(13-18(22)23)19(24)21-10-9-20-11-12-25-2;/h5-8,16,20H,3-4,9-14H2,1-2H3,(H,21,24);1H. The van der Waals surface area contributed by atoms with Gasteiger partial charge in [0.2, 0.25) is 11.8 Å². The van der Waals surface area contributed by atoms with Crippen molar-refractivity contribution in [2.75, 3.05) is 44.8 Å². The average Bonchev–Trinajstić information content (AvgIpc) is 3.01. The Hall–Kier alpha value is -1.63. The molecule has 0 saturated carbocycles. The van der Waals surface area contributed by atoms with Crippen LogP contribution in [0.3, 0.4) is 0 Å². The van der Waals surface area contributed by atoms with Gasteiger partial charge in [-0.15, -0.1) is 12.4 Å². The summed E-state index contributed by atoms with van der Waals surface area (Å²) in [5.74, 6) is -0.310. The highest BCUT2D eigenvalue weighted by Crippen LogP contribution is 2.25. The number of aryl methyl sites for hydroxylation is 1. The number of methoxy groups -OCH3 is 1. The molecule has 2 N–H and O–H groups in total. The summed E-state index contributed by atoms with van der Waals surface area (Å²) in [4.78, 5) is 26.2. The van der Waals surface area contributed by atoms with Crippen LogP contribution in [-0.4, -0.2) is 51.7 Å². The number of anilines is 1. The molecule has 146 valence electrons. The summed E-state index contributed by atoms with van der Waals surface area (Å²) in [6, 6.07) is 8.07. The van der Waals surface area contributed by atoms with Crippen LogP contribution in [0.4, 0.5) is 5.69 Å². The Labute approximate surface area is 162 Å². The highest BCUT2D eigenvalue weighted by atomic mass is 35.5. The molecule has 1 aliphatic heterocycles. The summed E-state index contributed by atoms with van der Waals surface area (Å²) in [5.41, 5.74) is 2.15. The maximum atomic E-state index is 12.3. The summed E-state index contributed by atoms with van der Waals surface area (Å²) in [6.07, 6.45) is 2.42. The van der Waals surface area contributed by atoms with Crippen molar-refractivity contribution in [3.63, 3.8) is 0 Å². The third-order valence-corrected chi connectivity index (χ3v) is 4.37. The molecule has 1 saturated heterocycles. The fraction of sp³-hybridized carbons (Fsp3) is 0.579. The summed E-state index contributed by atoms with van der Waals surface area (Å²) >= 11 is 0. The van der Waals surface area contributed by atoms with E-state index in [0.29, 0.717) is 26.2 Å². The van der Waals surface area contributed by atoms with E-state index in [2.05, 4.69) is 29.7 Å². The molecule has 1 unspecified atom stereocenters. The van der Waals surface area contributed by atoms with Crippen LogP contribution < -0.4 is 15.5 Å². The second-order valence-electron chi connectivity index (χ2n) is 6.36. The fourth-order valence-electron chi connectivity index (χ4n) is 2.98. The van der Waals surface area contributed by atoms with E-state index in [0.717, 1.165) is 25.1 Å². The molecule has 0 radical (unpaired) electrons. The van der Waals surface area contributed by atoms with Crippen LogP contribution in [0.2, 0.25) is 0 Å². The lowest BCUT2D eigenvalue weighted by Gasteiger charge is -2.17. The van der Waals surface area contributed by atoms with Gasteiger partial charge in [0.05, 0.1) is 12.5 Å². The van der Waals surface area contributed by atoms with Crippen LogP contribution in [0.15, 0.2) is 24.3 Å². The molecule has 1 atom stereocenters. The lowest BCUT2D eigenvalue weighted by Crippen LogP contribution is -2.37. The number of amides is 2. The molecule has 2 amide bonds. The molecule has 0 aromatic heterocycles. The van der Waals surface area contributed by atoms with Gasteiger partial charge in [0.1, 0.15) is 0 Å². The van der Waals surface area contributed by atoms with Crippen molar-refractivity contribution in [3.8, 4) is 0 Å². The maximum Gasteiger partial charge on any atom is 0.227 e. The van der Waals surface area contributed by atoms with Gasteiger partial charge in [0, 0.05) is 45.4 Å². The number of nitrogens with one attached hydrogen (secondary N) is 2. The van der Waals surface area contributed by atoms with Crippen molar-refractivity contribution < 1.29 is 14.3 Å². The number of halogens is 1. The monoisotopic (exact) mass is 383 g/mol. The molecule has 0 spiro atoms. The molecule has 1 aromatic rings. The molecule has 1 heterocycles. The molecule has 7 heteroatoms. The zero-order chi connectivity index (χ0) is 18.1. The molecule has 2 rings (SSSR count). The lowest BCUT2D eigenvalue weighted by molar-refractivity contribution is -0.126. The quantitative estimate of drug-likeness (QED) is 0.604. The van der Waals surface area contributed by atoms with E-state index in [1.807, 2.05) is 12.1 Å². The number of nitrogens with zero attached hydrogens (tertiary/aromatic N) is 1. The molecule has 26 heavy (non-hydrogen) atoms. The minimum absolute atomic E-state index is 0. The summed E-state index contributed by atoms with van der Waals surface area (Å²) in [6.45, 7) is 5.26. The Morgan fingerprint density at radius 2 is 1.96 bits per heavy atom.